The van der Waals surface area contributed by atoms with Gasteiger partial charge < -0.3 is 10.6 Å². The van der Waals surface area contributed by atoms with E-state index < -0.39 is 21.4 Å². The molecule has 1 aliphatic rings. The zero-order chi connectivity index (χ0) is 21.3. The van der Waals surface area contributed by atoms with Gasteiger partial charge >= 0.3 is 0 Å². The molecule has 1 atom stereocenters. The molecule has 152 valence electrons. The van der Waals surface area contributed by atoms with Gasteiger partial charge in [-0.3, -0.25) is 4.79 Å². The van der Waals surface area contributed by atoms with E-state index in [0.29, 0.717) is 22.7 Å². The number of benzene rings is 1. The number of rotatable bonds is 6. The zero-order valence-electron chi connectivity index (χ0n) is 16.0. The number of sulfonamides is 1. The molecule has 0 spiro atoms. The molecule has 29 heavy (non-hydrogen) atoms. The molecule has 3 rings (SSSR count). The van der Waals surface area contributed by atoms with Gasteiger partial charge in [0.2, 0.25) is 10.0 Å². The van der Waals surface area contributed by atoms with Crippen molar-refractivity contribution in [2.75, 3.05) is 11.2 Å². The molecule has 2 aromatic rings. The zero-order valence-corrected chi connectivity index (χ0v) is 18.4. The monoisotopic (exact) mass is 449 g/mol. The molecule has 2 N–H and O–H groups in total. The van der Waals surface area contributed by atoms with Gasteiger partial charge in [-0.15, -0.1) is 11.3 Å². The summed E-state index contributed by atoms with van der Waals surface area (Å²) < 4.78 is 26.2. The number of anilines is 1. The first-order valence-corrected chi connectivity index (χ1v) is 12.1. The van der Waals surface area contributed by atoms with Gasteiger partial charge in [0, 0.05) is 16.0 Å². The molecule has 1 unspecified atom stereocenters. The van der Waals surface area contributed by atoms with Crippen molar-refractivity contribution in [1.82, 2.24) is 9.29 Å². The molecular formula is C18H19N5O3S3. The topological polar surface area (TPSA) is 120 Å². The van der Waals surface area contributed by atoms with Crippen molar-refractivity contribution in [3.05, 3.63) is 56.5 Å². The number of allylic oxidation sites excluding steroid dienone is 1. The van der Waals surface area contributed by atoms with Crippen LogP contribution in [-0.2, 0) is 21.4 Å². The minimum absolute atomic E-state index is 0.0318. The fourth-order valence-corrected chi connectivity index (χ4v) is 6.42. The lowest BCUT2D eigenvalue weighted by atomic mass is 10.2. The van der Waals surface area contributed by atoms with Gasteiger partial charge in [-0.2, -0.15) is 5.26 Å². The summed E-state index contributed by atoms with van der Waals surface area (Å²) in [6, 6.07) is 8.88. The van der Waals surface area contributed by atoms with Crippen molar-refractivity contribution >= 4 is 44.7 Å². The number of thiazole rings is 1. The third kappa shape index (κ3) is 4.39. The van der Waals surface area contributed by atoms with Gasteiger partial charge in [0.05, 0.1) is 35.1 Å². The summed E-state index contributed by atoms with van der Waals surface area (Å²) in [5.74, 6) is -0.799. The van der Waals surface area contributed by atoms with Gasteiger partial charge in [0.1, 0.15) is 5.70 Å². The lowest BCUT2D eigenvalue weighted by Crippen LogP contribution is -2.47. The number of aromatic nitrogens is 1. The summed E-state index contributed by atoms with van der Waals surface area (Å²) in [5, 5.41) is 11.9. The van der Waals surface area contributed by atoms with Crippen molar-refractivity contribution in [2.24, 2.45) is 5.73 Å². The third-order valence-corrected chi connectivity index (χ3v) is 7.50. The first kappa shape index (κ1) is 21.2. The van der Waals surface area contributed by atoms with Gasteiger partial charge in [-0.05, 0) is 38.1 Å². The lowest BCUT2D eigenvalue weighted by Gasteiger charge is -2.36. The Hall–Kier alpha value is -2.55. The Morgan fingerprint density at radius 1 is 1.34 bits per heavy atom. The maximum absolute atomic E-state index is 12.6. The molecule has 2 heterocycles. The van der Waals surface area contributed by atoms with Crippen molar-refractivity contribution < 1.29 is 13.2 Å². The van der Waals surface area contributed by atoms with Crippen LogP contribution in [-0.4, -0.2) is 35.4 Å². The van der Waals surface area contributed by atoms with E-state index >= 15 is 0 Å². The first-order chi connectivity index (χ1) is 13.6. The molecule has 11 heteroatoms. The number of thioether (sulfide) groups is 1. The second kappa shape index (κ2) is 8.06. The van der Waals surface area contributed by atoms with Gasteiger partial charge in [0.25, 0.3) is 5.91 Å². The number of carbonyl (C=O) groups is 1. The maximum atomic E-state index is 12.6. The molecule has 0 saturated heterocycles. The Balaban J connectivity index is 2.09. The molecule has 0 fully saturated rings. The summed E-state index contributed by atoms with van der Waals surface area (Å²) >= 11 is 2.74. The van der Waals surface area contributed by atoms with Crippen LogP contribution in [0.25, 0.3) is 0 Å². The number of nitriles is 1. The van der Waals surface area contributed by atoms with Crippen LogP contribution in [0, 0.1) is 18.3 Å². The number of carbonyl (C=O) groups excluding carboxylic acids is 1. The number of primary amides is 1. The third-order valence-electron chi connectivity index (χ3n) is 4.22. The summed E-state index contributed by atoms with van der Waals surface area (Å²) in [6.45, 7) is 3.89. The van der Waals surface area contributed by atoms with E-state index in [1.54, 1.807) is 31.2 Å². The SMILES string of the molecule is CC1=C(C(N)=O)N(S(C)(=O)=O)C(N(Cc2csc(C)n2)c2ccc(C#N)cc2)S1. The summed E-state index contributed by atoms with van der Waals surface area (Å²) in [6.07, 6.45) is 1.05. The highest BCUT2D eigenvalue weighted by atomic mass is 32.2. The van der Waals surface area contributed by atoms with Crippen LogP contribution < -0.4 is 10.6 Å². The number of amides is 1. The number of nitrogens with two attached hydrogens (primary N) is 1. The van der Waals surface area contributed by atoms with E-state index in [4.69, 9.17) is 11.0 Å². The first-order valence-electron chi connectivity index (χ1n) is 8.46. The molecular weight excluding hydrogens is 430 g/mol. The lowest BCUT2D eigenvalue weighted by molar-refractivity contribution is -0.115. The number of aryl methyl sites for hydroxylation is 1. The number of nitrogens with zero attached hydrogens (tertiary/aromatic N) is 4. The second-order valence-electron chi connectivity index (χ2n) is 6.42. The van der Waals surface area contributed by atoms with Crippen LogP contribution in [0.5, 0.6) is 0 Å². The van der Waals surface area contributed by atoms with Crippen LogP contribution in [0.1, 0.15) is 23.2 Å². The van der Waals surface area contributed by atoms with Crippen LogP contribution >= 0.6 is 23.1 Å². The molecule has 0 bridgehead atoms. The standard InChI is InChI=1S/C18H19N5O3S3/c1-11-16(17(20)24)23(29(3,25)26)18(28-11)22(9-14-10-27-12(2)21-14)15-6-4-13(8-19)5-7-15/h4-7,10,18H,9H2,1-3H3,(H2,20,24). The van der Waals surface area contributed by atoms with Gasteiger partial charge in [-0.1, -0.05) is 11.8 Å². The Morgan fingerprint density at radius 3 is 2.48 bits per heavy atom. The van der Waals surface area contributed by atoms with E-state index in [-0.39, 0.29) is 5.70 Å². The highest BCUT2D eigenvalue weighted by Crippen LogP contribution is 2.43. The van der Waals surface area contributed by atoms with Crippen molar-refractivity contribution in [3.63, 3.8) is 0 Å². The van der Waals surface area contributed by atoms with Crippen LogP contribution in [0.2, 0.25) is 0 Å². The molecule has 1 aromatic heterocycles. The quantitative estimate of drug-likeness (QED) is 0.718. The maximum Gasteiger partial charge on any atom is 0.266 e. The fraction of sp³-hybridized carbons (Fsp3) is 0.278. The van der Waals surface area contributed by atoms with E-state index in [0.717, 1.165) is 21.3 Å². The predicted molar refractivity (Wildman–Crippen MR) is 114 cm³/mol. The normalized spacial score (nSPS) is 16.8. The van der Waals surface area contributed by atoms with Crippen molar-refractivity contribution in [2.45, 2.75) is 25.9 Å². The predicted octanol–water partition coefficient (Wildman–Crippen LogP) is 2.34. The van der Waals surface area contributed by atoms with Crippen LogP contribution in [0.15, 0.2) is 40.2 Å². The summed E-state index contributed by atoms with van der Waals surface area (Å²) in [4.78, 5) is 18.8. The molecule has 1 aromatic carbocycles. The second-order valence-corrected chi connectivity index (χ2v) is 10.6. The van der Waals surface area contributed by atoms with E-state index in [1.165, 1.54) is 23.1 Å². The minimum atomic E-state index is -3.79. The van der Waals surface area contributed by atoms with Gasteiger partial charge in [-0.25, -0.2) is 17.7 Å². The molecule has 1 amide bonds. The number of hydrogen-bond donors (Lipinski definition) is 1. The highest BCUT2D eigenvalue weighted by Gasteiger charge is 2.43. The van der Waals surface area contributed by atoms with Crippen LogP contribution in [0.3, 0.4) is 0 Å². The Bertz CT molecular complexity index is 1120. The van der Waals surface area contributed by atoms with E-state index in [1.807, 2.05) is 17.2 Å². The van der Waals surface area contributed by atoms with Crippen LogP contribution in [0.4, 0.5) is 5.69 Å². The molecule has 0 aliphatic carbocycles. The molecule has 8 nitrogen and oxygen atoms in total. The fourth-order valence-electron chi connectivity index (χ4n) is 3.01. The Morgan fingerprint density at radius 2 is 2.00 bits per heavy atom. The Kier molecular flexibility index (Phi) is 5.88. The molecule has 1 aliphatic heterocycles. The summed E-state index contributed by atoms with van der Waals surface area (Å²) in [7, 11) is -3.79. The highest BCUT2D eigenvalue weighted by molar-refractivity contribution is 8.04. The van der Waals surface area contributed by atoms with Gasteiger partial charge in [0.15, 0.2) is 5.50 Å². The number of hydrogen-bond acceptors (Lipinski definition) is 8. The smallest absolute Gasteiger partial charge is 0.266 e. The average Bonchev–Trinajstić information content (AvgIpc) is 3.22. The largest absolute Gasteiger partial charge is 0.364 e. The summed E-state index contributed by atoms with van der Waals surface area (Å²) in [5.41, 5.74) is 6.67. The molecule has 0 radical (unpaired) electrons. The van der Waals surface area contributed by atoms with E-state index in [2.05, 4.69) is 11.1 Å². The average molecular weight is 450 g/mol. The Labute approximate surface area is 177 Å². The minimum Gasteiger partial charge on any atom is -0.364 e. The van der Waals surface area contributed by atoms with Crippen molar-refractivity contribution in [1.29, 1.82) is 5.26 Å². The van der Waals surface area contributed by atoms with E-state index in [9.17, 15) is 13.2 Å². The van der Waals surface area contributed by atoms with Crippen molar-refractivity contribution in [3.8, 4) is 6.07 Å². The molecule has 0 saturated carbocycles.